The van der Waals surface area contributed by atoms with Gasteiger partial charge in [0.1, 0.15) is 11.5 Å². The van der Waals surface area contributed by atoms with Gasteiger partial charge in [-0.05, 0) is 35.7 Å². The fourth-order valence-corrected chi connectivity index (χ4v) is 1.87. The minimum atomic E-state index is -0.00991. The van der Waals surface area contributed by atoms with E-state index in [4.69, 9.17) is 12.2 Å². The molecule has 0 atom stereocenters. The van der Waals surface area contributed by atoms with Gasteiger partial charge in [-0.3, -0.25) is 0 Å². The quantitative estimate of drug-likeness (QED) is 0.440. The molecule has 0 heterocycles. The molecular weight excluding hydrogens is 356 g/mol. The van der Waals surface area contributed by atoms with E-state index < -0.39 is 0 Å². The van der Waals surface area contributed by atoms with Crippen LogP contribution < -0.4 is 9.47 Å². The maximum Gasteiger partial charge on any atom is 0.118 e. The van der Waals surface area contributed by atoms with E-state index in [2.05, 4.69) is 38.1 Å². The molecule has 0 N–H and O–H groups in total. The Kier molecular flexibility index (Phi) is 18.1. The molecule has 0 saturated heterocycles. The minimum Gasteiger partial charge on any atom is -0.497 e. The van der Waals surface area contributed by atoms with E-state index in [1.54, 1.807) is 0 Å². The van der Waals surface area contributed by atoms with Gasteiger partial charge in [0.25, 0.3) is 0 Å². The van der Waals surface area contributed by atoms with Crippen LogP contribution in [0.2, 0.25) is 0 Å². The van der Waals surface area contributed by atoms with Crippen LogP contribution in [0.3, 0.4) is 0 Å². The van der Waals surface area contributed by atoms with E-state index in [0.717, 1.165) is 11.5 Å². The first-order valence-electron chi connectivity index (χ1n) is 11.6. The van der Waals surface area contributed by atoms with E-state index in [1.165, 1.54) is 5.56 Å². The lowest BCUT2D eigenvalue weighted by atomic mass is 10.0. The average Bonchev–Trinajstić information content (AvgIpc) is 2.85. The molecule has 2 heteroatoms. The third-order valence-electron chi connectivity index (χ3n) is 3.29. The fourth-order valence-electron chi connectivity index (χ4n) is 1.87. The lowest BCUT2D eigenvalue weighted by Crippen LogP contribution is -1.83. The van der Waals surface area contributed by atoms with Crippen molar-refractivity contribution in [3.05, 3.63) is 96.6 Å². The molecule has 0 aliphatic heterocycles. The van der Waals surface area contributed by atoms with Crippen LogP contribution in [0.1, 0.15) is 55.8 Å². The predicted molar refractivity (Wildman–Crippen MR) is 129 cm³/mol. The summed E-state index contributed by atoms with van der Waals surface area (Å²) in [5.74, 6) is 2.17. The summed E-state index contributed by atoms with van der Waals surface area (Å²) in [6.45, 7) is 12.4. The summed E-state index contributed by atoms with van der Waals surface area (Å²) < 4.78 is 23.2. The zero-order chi connectivity index (χ0) is 23.7. The van der Waals surface area contributed by atoms with Gasteiger partial charge in [-0.25, -0.2) is 0 Å². The Hall–Kier alpha value is -2.74. The molecule has 160 valence electrons. The molecule has 3 rings (SSSR count). The van der Waals surface area contributed by atoms with Gasteiger partial charge in [0, 0.05) is 0 Å². The number of rotatable bonds is 3. The normalized spacial score (nSPS) is 9.21. The number of benzene rings is 3. The van der Waals surface area contributed by atoms with Crippen LogP contribution in [-0.4, -0.2) is 14.2 Å². The van der Waals surface area contributed by atoms with Crippen LogP contribution in [0.4, 0.5) is 0 Å². The standard InChI is InChI=1S/C9H12.2C7H8O.2C2H6/c1-8(2)9-6-4-3-5-7-9;2*1-8-7-5-3-2-4-6-7;2*1-2/h3-8H,1-2H3;2*2-6H,1H3;2*1-2H3/i;2*1T;;. The third-order valence-corrected chi connectivity index (χ3v) is 3.29. The van der Waals surface area contributed by atoms with E-state index in [0.29, 0.717) is 5.92 Å². The van der Waals surface area contributed by atoms with E-state index in [1.807, 2.05) is 94.4 Å². The Morgan fingerprint density at radius 2 is 0.862 bits per heavy atom. The van der Waals surface area contributed by atoms with Crippen molar-refractivity contribution in [1.82, 2.24) is 0 Å². The molecule has 0 fully saturated rings. The monoisotopic (exact) mass is 400 g/mol. The van der Waals surface area contributed by atoms with Crippen LogP contribution >= 0.6 is 0 Å². The van der Waals surface area contributed by atoms with Crippen LogP contribution in [0.5, 0.6) is 11.5 Å². The van der Waals surface area contributed by atoms with Gasteiger partial charge in [-0.1, -0.05) is 108 Å². The van der Waals surface area contributed by atoms with Gasteiger partial charge in [0.05, 0.1) is 16.9 Å². The van der Waals surface area contributed by atoms with Crippen LogP contribution in [0.15, 0.2) is 91.0 Å². The van der Waals surface area contributed by atoms with Crippen molar-refractivity contribution in [3.8, 4) is 11.5 Å². The molecule has 29 heavy (non-hydrogen) atoms. The lowest BCUT2D eigenvalue weighted by Gasteiger charge is -2.01. The molecule has 0 saturated carbocycles. The second-order valence-corrected chi connectivity index (χ2v) is 5.48. The maximum atomic E-state index is 6.72. The zero-order valence-corrected chi connectivity index (χ0v) is 19.0. The molecular formula is C27H40O2. The molecule has 0 spiro atoms. The highest BCUT2D eigenvalue weighted by Gasteiger charge is 1.93. The summed E-state index contributed by atoms with van der Waals surface area (Å²) >= 11 is 0. The molecule has 3 aromatic carbocycles. The third kappa shape index (κ3) is 16.0. The molecule has 0 amide bonds. The zero-order valence-electron chi connectivity index (χ0n) is 21.0. The Morgan fingerprint density at radius 1 is 0.552 bits per heavy atom. The highest BCUT2D eigenvalue weighted by atomic mass is 16.5. The van der Waals surface area contributed by atoms with E-state index in [-0.39, 0.29) is 14.2 Å². The van der Waals surface area contributed by atoms with Crippen molar-refractivity contribution in [1.29, 1.82) is 0 Å². The van der Waals surface area contributed by atoms with Crippen molar-refractivity contribution in [2.24, 2.45) is 0 Å². The molecule has 0 aliphatic rings. The Balaban J connectivity index is 0. The van der Waals surface area contributed by atoms with Gasteiger partial charge in [-0.15, -0.1) is 0 Å². The van der Waals surface area contributed by atoms with Crippen LogP contribution in [-0.2, 0) is 0 Å². The largest absolute Gasteiger partial charge is 0.497 e. The highest BCUT2D eigenvalue weighted by molar-refractivity contribution is 5.21. The Morgan fingerprint density at radius 3 is 1.10 bits per heavy atom. The summed E-state index contributed by atoms with van der Waals surface area (Å²) in [6, 6.07) is 29.2. The maximum absolute atomic E-state index is 6.72. The Bertz CT molecular complexity index is 649. The fraction of sp³-hybridized carbons (Fsp3) is 0.333. The molecule has 2 nitrogen and oxygen atoms in total. The lowest BCUT2D eigenvalue weighted by molar-refractivity contribution is 0.414. The molecule has 0 radical (unpaired) electrons. The first kappa shape index (κ1) is 24.3. The predicted octanol–water partition coefficient (Wildman–Crippen LogP) is 8.25. The smallest absolute Gasteiger partial charge is 0.118 e. The molecule has 0 aliphatic carbocycles. The van der Waals surface area contributed by atoms with Crippen LogP contribution in [0, 0.1) is 0 Å². The van der Waals surface area contributed by atoms with Gasteiger partial charge < -0.3 is 9.47 Å². The summed E-state index contributed by atoms with van der Waals surface area (Å²) in [5, 5.41) is 0. The van der Waals surface area contributed by atoms with Crippen LogP contribution in [0.25, 0.3) is 0 Å². The van der Waals surface area contributed by atoms with E-state index >= 15 is 0 Å². The van der Waals surface area contributed by atoms with Crippen molar-refractivity contribution < 1.29 is 12.2 Å². The number of hydrogen-bond acceptors (Lipinski definition) is 2. The van der Waals surface area contributed by atoms with Crippen molar-refractivity contribution >= 4 is 0 Å². The van der Waals surface area contributed by atoms with Crippen molar-refractivity contribution in [3.63, 3.8) is 0 Å². The van der Waals surface area contributed by atoms with E-state index in [9.17, 15) is 0 Å². The van der Waals surface area contributed by atoms with Crippen molar-refractivity contribution in [2.75, 3.05) is 14.2 Å². The number of ether oxygens (including phenoxy) is 2. The van der Waals surface area contributed by atoms with Crippen molar-refractivity contribution in [2.45, 2.75) is 47.5 Å². The number of methoxy groups -OCH3 is 2. The first-order chi connectivity index (χ1) is 15.2. The van der Waals surface area contributed by atoms with Gasteiger partial charge in [-0.2, -0.15) is 0 Å². The molecule has 3 aromatic rings. The Labute approximate surface area is 182 Å². The number of hydrogen-bond donors (Lipinski definition) is 0. The minimum absolute atomic E-state index is 0.00991. The summed E-state index contributed by atoms with van der Waals surface area (Å²) in [7, 11) is -0.0198. The second kappa shape index (κ2) is 21.6. The first-order valence-corrected chi connectivity index (χ1v) is 10.2. The van der Waals surface area contributed by atoms with Gasteiger partial charge in [0.2, 0.25) is 0 Å². The number of para-hydroxylation sites is 2. The highest BCUT2D eigenvalue weighted by Crippen LogP contribution is 2.11. The van der Waals surface area contributed by atoms with Gasteiger partial charge in [0.15, 0.2) is 0 Å². The molecule has 0 unspecified atom stereocenters. The molecule has 0 aromatic heterocycles. The average molecular weight is 401 g/mol. The summed E-state index contributed by atoms with van der Waals surface area (Å²) in [4.78, 5) is 0. The van der Waals surface area contributed by atoms with Gasteiger partial charge >= 0.3 is 0 Å². The topological polar surface area (TPSA) is 18.5 Å². The second-order valence-electron chi connectivity index (χ2n) is 5.48. The summed E-state index contributed by atoms with van der Waals surface area (Å²) in [5.41, 5.74) is 1.41. The SMILES string of the molecule is CC.CC.CC(C)c1ccccc1.[3H]COc1ccccc1.[3H]COc1ccccc1. The summed E-state index contributed by atoms with van der Waals surface area (Å²) in [6.07, 6.45) is 0. The molecule has 0 bridgehead atoms.